The van der Waals surface area contributed by atoms with Gasteiger partial charge in [0.25, 0.3) is 0 Å². The van der Waals surface area contributed by atoms with E-state index in [0.717, 1.165) is 31.6 Å². The Labute approximate surface area is 129 Å². The maximum Gasteiger partial charge on any atom is 0.220 e. The van der Waals surface area contributed by atoms with Gasteiger partial charge in [-0.25, -0.2) is 0 Å². The van der Waals surface area contributed by atoms with Crippen molar-refractivity contribution in [3.63, 3.8) is 0 Å². The Morgan fingerprint density at radius 3 is 2.30 bits per heavy atom. The fourth-order valence-electron chi connectivity index (χ4n) is 3.71. The van der Waals surface area contributed by atoms with Gasteiger partial charge in [0.15, 0.2) is 0 Å². The predicted octanol–water partition coefficient (Wildman–Crippen LogP) is 3.40. The fraction of sp³-hybridized carbons (Fsp3) is 0.938. The lowest BCUT2D eigenvalue weighted by Crippen LogP contribution is -2.41. The minimum atomic E-state index is 0. The quantitative estimate of drug-likeness (QED) is 0.836. The van der Waals surface area contributed by atoms with Gasteiger partial charge in [-0.2, -0.15) is 0 Å². The molecule has 2 fully saturated rings. The van der Waals surface area contributed by atoms with Crippen molar-refractivity contribution in [3.05, 3.63) is 0 Å². The number of hydrogen-bond donors (Lipinski definition) is 2. The van der Waals surface area contributed by atoms with E-state index in [-0.39, 0.29) is 18.3 Å². The van der Waals surface area contributed by atoms with Crippen molar-refractivity contribution in [3.8, 4) is 0 Å². The molecule has 0 aromatic carbocycles. The van der Waals surface area contributed by atoms with Crippen LogP contribution in [0.15, 0.2) is 0 Å². The van der Waals surface area contributed by atoms with Crippen molar-refractivity contribution in [1.29, 1.82) is 0 Å². The molecule has 20 heavy (non-hydrogen) atoms. The van der Waals surface area contributed by atoms with Crippen LogP contribution in [0.25, 0.3) is 0 Å². The molecule has 0 aliphatic heterocycles. The molecular weight excluding hydrogens is 272 g/mol. The van der Waals surface area contributed by atoms with Crippen LogP contribution in [-0.4, -0.2) is 18.0 Å². The highest BCUT2D eigenvalue weighted by atomic mass is 35.5. The lowest BCUT2D eigenvalue weighted by molar-refractivity contribution is -0.123. The summed E-state index contributed by atoms with van der Waals surface area (Å²) >= 11 is 0. The van der Waals surface area contributed by atoms with Gasteiger partial charge in [-0.1, -0.05) is 39.0 Å². The second kappa shape index (κ2) is 8.89. The van der Waals surface area contributed by atoms with Gasteiger partial charge in [-0.05, 0) is 37.5 Å². The van der Waals surface area contributed by atoms with Gasteiger partial charge in [-0.3, -0.25) is 4.79 Å². The zero-order valence-corrected chi connectivity index (χ0v) is 13.6. The number of hydrogen-bond acceptors (Lipinski definition) is 2. The SMILES string of the molecule is CC(CC(=O)NC1CCC(N)CC1)C1CCCCC1.Cl. The molecular formula is C16H31ClN2O. The van der Waals surface area contributed by atoms with Crippen LogP contribution in [0.4, 0.5) is 0 Å². The average Bonchev–Trinajstić information content (AvgIpc) is 2.42. The zero-order chi connectivity index (χ0) is 13.7. The standard InChI is InChI=1S/C16H30N2O.ClH/c1-12(13-5-3-2-4-6-13)11-16(19)18-15-9-7-14(17)8-10-15;/h12-15H,2-11,17H2,1H3,(H,18,19);1H. The molecule has 0 aromatic heterocycles. The van der Waals surface area contributed by atoms with Gasteiger partial charge in [0.2, 0.25) is 5.91 Å². The van der Waals surface area contributed by atoms with Crippen LogP contribution in [0.2, 0.25) is 0 Å². The summed E-state index contributed by atoms with van der Waals surface area (Å²) in [5.74, 6) is 1.59. The second-order valence-electron chi connectivity index (χ2n) is 6.76. The maximum absolute atomic E-state index is 12.1. The summed E-state index contributed by atoms with van der Waals surface area (Å²) in [5.41, 5.74) is 5.89. The van der Waals surface area contributed by atoms with E-state index in [1.807, 2.05) is 0 Å². The van der Waals surface area contributed by atoms with Gasteiger partial charge < -0.3 is 11.1 Å². The first-order valence-corrected chi connectivity index (χ1v) is 8.20. The highest BCUT2D eigenvalue weighted by Crippen LogP contribution is 2.31. The van der Waals surface area contributed by atoms with Crippen LogP contribution in [0.3, 0.4) is 0 Å². The number of amides is 1. The lowest BCUT2D eigenvalue weighted by atomic mass is 9.79. The van der Waals surface area contributed by atoms with E-state index in [1.54, 1.807) is 0 Å². The zero-order valence-electron chi connectivity index (χ0n) is 12.8. The third-order valence-corrected chi connectivity index (χ3v) is 5.10. The Morgan fingerprint density at radius 1 is 1.10 bits per heavy atom. The highest BCUT2D eigenvalue weighted by molar-refractivity contribution is 5.85. The molecule has 1 unspecified atom stereocenters. The summed E-state index contributed by atoms with van der Waals surface area (Å²) in [7, 11) is 0. The predicted molar refractivity (Wildman–Crippen MR) is 86.0 cm³/mol. The first-order valence-electron chi connectivity index (χ1n) is 8.20. The van der Waals surface area contributed by atoms with E-state index in [2.05, 4.69) is 12.2 Å². The van der Waals surface area contributed by atoms with Crippen molar-refractivity contribution >= 4 is 18.3 Å². The molecule has 2 rings (SSSR count). The normalized spacial score (nSPS) is 29.3. The van der Waals surface area contributed by atoms with Crippen molar-refractivity contribution < 1.29 is 4.79 Å². The number of nitrogens with two attached hydrogens (primary N) is 1. The summed E-state index contributed by atoms with van der Waals surface area (Å²) in [6.07, 6.45) is 11.7. The third-order valence-electron chi connectivity index (χ3n) is 5.10. The van der Waals surface area contributed by atoms with Crippen LogP contribution in [0.1, 0.15) is 71.1 Å². The molecule has 2 aliphatic rings. The average molecular weight is 303 g/mol. The number of halogens is 1. The Balaban J connectivity index is 0.00000200. The summed E-state index contributed by atoms with van der Waals surface area (Å²) < 4.78 is 0. The third kappa shape index (κ3) is 5.61. The summed E-state index contributed by atoms with van der Waals surface area (Å²) in [5, 5.41) is 3.21. The molecule has 2 aliphatic carbocycles. The molecule has 0 heterocycles. The Hall–Kier alpha value is -0.280. The first-order chi connectivity index (χ1) is 9.15. The van der Waals surface area contributed by atoms with Gasteiger partial charge in [-0.15, -0.1) is 12.4 Å². The Morgan fingerprint density at radius 2 is 1.70 bits per heavy atom. The molecule has 2 saturated carbocycles. The number of carbonyl (C=O) groups is 1. The fourth-order valence-corrected chi connectivity index (χ4v) is 3.71. The smallest absolute Gasteiger partial charge is 0.220 e. The minimum absolute atomic E-state index is 0. The van der Waals surface area contributed by atoms with Crippen LogP contribution < -0.4 is 11.1 Å². The Bertz CT molecular complexity index is 284. The van der Waals surface area contributed by atoms with E-state index in [9.17, 15) is 4.79 Å². The van der Waals surface area contributed by atoms with Crippen LogP contribution in [-0.2, 0) is 4.79 Å². The van der Waals surface area contributed by atoms with Crippen LogP contribution in [0, 0.1) is 11.8 Å². The molecule has 1 atom stereocenters. The van der Waals surface area contributed by atoms with E-state index in [0.29, 0.717) is 24.4 Å². The molecule has 3 nitrogen and oxygen atoms in total. The summed E-state index contributed by atoms with van der Waals surface area (Å²) in [6, 6.07) is 0.736. The summed E-state index contributed by atoms with van der Waals surface area (Å²) in [4.78, 5) is 12.1. The maximum atomic E-state index is 12.1. The van der Waals surface area contributed by atoms with Crippen molar-refractivity contribution in [2.24, 2.45) is 17.6 Å². The van der Waals surface area contributed by atoms with Crippen LogP contribution in [0.5, 0.6) is 0 Å². The Kier molecular flexibility index (Phi) is 7.90. The molecule has 0 spiro atoms. The van der Waals surface area contributed by atoms with Gasteiger partial charge in [0.1, 0.15) is 0 Å². The molecule has 0 bridgehead atoms. The first kappa shape index (κ1) is 17.8. The second-order valence-corrected chi connectivity index (χ2v) is 6.76. The lowest BCUT2D eigenvalue weighted by Gasteiger charge is -2.29. The number of rotatable bonds is 4. The number of nitrogens with one attached hydrogen (secondary N) is 1. The van der Waals surface area contributed by atoms with Crippen molar-refractivity contribution in [2.45, 2.75) is 83.2 Å². The van der Waals surface area contributed by atoms with Crippen molar-refractivity contribution in [2.75, 3.05) is 0 Å². The topological polar surface area (TPSA) is 55.1 Å². The molecule has 4 heteroatoms. The molecule has 3 N–H and O–H groups in total. The highest BCUT2D eigenvalue weighted by Gasteiger charge is 2.24. The van der Waals surface area contributed by atoms with E-state index < -0.39 is 0 Å². The summed E-state index contributed by atoms with van der Waals surface area (Å²) in [6.45, 7) is 2.26. The molecule has 1 amide bonds. The molecule has 118 valence electrons. The monoisotopic (exact) mass is 302 g/mol. The largest absolute Gasteiger partial charge is 0.353 e. The van der Waals surface area contributed by atoms with Gasteiger partial charge in [0, 0.05) is 18.5 Å². The van der Waals surface area contributed by atoms with Gasteiger partial charge in [0.05, 0.1) is 0 Å². The number of carbonyl (C=O) groups excluding carboxylic acids is 1. The van der Waals surface area contributed by atoms with E-state index in [4.69, 9.17) is 5.73 Å². The van der Waals surface area contributed by atoms with Gasteiger partial charge >= 0.3 is 0 Å². The van der Waals surface area contributed by atoms with E-state index >= 15 is 0 Å². The molecule has 0 radical (unpaired) electrons. The molecule has 0 aromatic rings. The van der Waals surface area contributed by atoms with E-state index in [1.165, 1.54) is 32.1 Å². The van der Waals surface area contributed by atoms with Crippen LogP contribution >= 0.6 is 12.4 Å². The minimum Gasteiger partial charge on any atom is -0.353 e. The van der Waals surface area contributed by atoms with Crippen molar-refractivity contribution in [1.82, 2.24) is 5.32 Å². The molecule has 0 saturated heterocycles.